The van der Waals surface area contributed by atoms with Crippen LogP contribution in [-0.4, -0.2) is 23.3 Å². The Labute approximate surface area is 200 Å². The number of thiazole rings is 1. The fourth-order valence-corrected chi connectivity index (χ4v) is 6.87. The van der Waals surface area contributed by atoms with Gasteiger partial charge in [0.1, 0.15) is 5.75 Å². The zero-order valence-corrected chi connectivity index (χ0v) is 19.6. The predicted molar refractivity (Wildman–Crippen MR) is 134 cm³/mol. The van der Waals surface area contributed by atoms with Crippen LogP contribution in [0.4, 0.5) is 5.69 Å². The van der Waals surface area contributed by atoms with Crippen molar-refractivity contribution in [3.8, 4) is 11.4 Å². The van der Waals surface area contributed by atoms with E-state index in [2.05, 4.69) is 5.32 Å². The van der Waals surface area contributed by atoms with Crippen LogP contribution in [0.3, 0.4) is 0 Å². The van der Waals surface area contributed by atoms with Gasteiger partial charge in [-0.3, -0.25) is 14.2 Å². The Kier molecular flexibility index (Phi) is 6.07. The molecule has 3 aromatic carbocycles. The lowest BCUT2D eigenvalue weighted by atomic mass is 9.85. The van der Waals surface area contributed by atoms with Gasteiger partial charge < -0.3 is 10.1 Å². The highest BCUT2D eigenvalue weighted by molar-refractivity contribution is 7.99. The first-order chi connectivity index (χ1) is 16.2. The van der Waals surface area contributed by atoms with E-state index in [1.54, 1.807) is 23.4 Å². The molecule has 1 N–H and O–H groups in total. The van der Waals surface area contributed by atoms with Crippen LogP contribution < -0.4 is 14.9 Å². The van der Waals surface area contributed by atoms with Crippen LogP contribution in [0.15, 0.2) is 94.7 Å². The van der Waals surface area contributed by atoms with Crippen LogP contribution in [0, 0.1) is 5.92 Å². The molecule has 0 saturated heterocycles. The van der Waals surface area contributed by atoms with Gasteiger partial charge >= 0.3 is 4.87 Å². The molecule has 1 aromatic heterocycles. The fraction of sp³-hybridized carbons (Fsp3) is 0.154. The number of carbonyl (C=O) groups is 1. The second-order valence-corrected chi connectivity index (χ2v) is 9.74. The summed E-state index contributed by atoms with van der Waals surface area (Å²) in [5.41, 5.74) is 2.56. The second-order valence-electron chi connectivity index (χ2n) is 7.74. The summed E-state index contributed by atoms with van der Waals surface area (Å²) in [6.07, 6.45) is 0. The summed E-state index contributed by atoms with van der Waals surface area (Å²) in [5.74, 6) is 0.653. The van der Waals surface area contributed by atoms with E-state index in [1.165, 1.54) is 11.3 Å². The van der Waals surface area contributed by atoms with Crippen LogP contribution in [0.25, 0.3) is 5.69 Å². The number of nitrogens with zero attached hydrogens (tertiary/aromatic N) is 1. The van der Waals surface area contributed by atoms with E-state index in [9.17, 15) is 9.59 Å². The van der Waals surface area contributed by atoms with Gasteiger partial charge in [0.25, 0.3) is 0 Å². The second kappa shape index (κ2) is 9.29. The SMILES string of the molecule is COc1cccc([C@@H]2c3sc(=O)n(-c4ccccc4)c3SC[C@H]2C(=O)Nc2ccccc2)c1. The van der Waals surface area contributed by atoms with Crippen molar-refractivity contribution in [2.45, 2.75) is 10.9 Å². The van der Waals surface area contributed by atoms with Crippen LogP contribution in [0.5, 0.6) is 5.75 Å². The third-order valence-corrected chi connectivity index (χ3v) is 8.08. The predicted octanol–water partition coefficient (Wildman–Crippen LogP) is 5.40. The third-order valence-electron chi connectivity index (χ3n) is 5.72. The summed E-state index contributed by atoms with van der Waals surface area (Å²) in [5, 5.41) is 3.97. The normalized spacial score (nSPS) is 17.2. The fourth-order valence-electron chi connectivity index (χ4n) is 4.16. The third kappa shape index (κ3) is 4.21. The minimum Gasteiger partial charge on any atom is -0.497 e. The molecule has 0 aliphatic carbocycles. The van der Waals surface area contributed by atoms with Gasteiger partial charge in [0.15, 0.2) is 0 Å². The molecule has 4 aromatic rings. The Hall–Kier alpha value is -3.29. The van der Waals surface area contributed by atoms with E-state index in [0.29, 0.717) is 5.75 Å². The first-order valence-corrected chi connectivity index (χ1v) is 12.4. The maximum absolute atomic E-state index is 13.4. The van der Waals surface area contributed by atoms with E-state index in [-0.39, 0.29) is 22.6 Å². The van der Waals surface area contributed by atoms with Gasteiger partial charge in [-0.1, -0.05) is 59.9 Å². The van der Waals surface area contributed by atoms with Crippen molar-refractivity contribution < 1.29 is 9.53 Å². The molecule has 2 atom stereocenters. The summed E-state index contributed by atoms with van der Waals surface area (Å²) in [4.78, 5) is 27.4. The minimum absolute atomic E-state index is 0.0456. The molecule has 7 heteroatoms. The molecule has 33 heavy (non-hydrogen) atoms. The molecular formula is C26H22N2O3S2. The number of anilines is 1. The van der Waals surface area contributed by atoms with Gasteiger partial charge in [-0.05, 0) is 42.0 Å². The van der Waals surface area contributed by atoms with E-state index in [4.69, 9.17) is 4.74 Å². The smallest absolute Gasteiger partial charge is 0.312 e. The van der Waals surface area contributed by atoms with E-state index in [0.717, 1.165) is 32.6 Å². The maximum atomic E-state index is 13.4. The van der Waals surface area contributed by atoms with Crippen LogP contribution in [0.2, 0.25) is 0 Å². The van der Waals surface area contributed by atoms with E-state index in [1.807, 2.05) is 84.9 Å². The number of benzene rings is 3. The molecule has 166 valence electrons. The van der Waals surface area contributed by atoms with E-state index < -0.39 is 0 Å². The molecule has 0 fully saturated rings. The molecule has 0 saturated carbocycles. The van der Waals surface area contributed by atoms with Crippen molar-refractivity contribution in [1.29, 1.82) is 0 Å². The maximum Gasteiger partial charge on any atom is 0.312 e. The Morgan fingerprint density at radius 1 is 1.00 bits per heavy atom. The molecule has 5 rings (SSSR count). The number of rotatable bonds is 5. The number of fused-ring (bicyclic) bond motifs is 1. The minimum atomic E-state index is -0.336. The van der Waals surface area contributed by atoms with Gasteiger partial charge in [-0.15, -0.1) is 11.8 Å². The Balaban J connectivity index is 1.61. The van der Waals surface area contributed by atoms with Gasteiger partial charge in [-0.2, -0.15) is 0 Å². The lowest BCUT2D eigenvalue weighted by Gasteiger charge is -2.31. The topological polar surface area (TPSA) is 60.3 Å². The first kappa shape index (κ1) is 21.6. The molecule has 1 aliphatic heterocycles. The van der Waals surface area contributed by atoms with Crippen LogP contribution in [-0.2, 0) is 4.79 Å². The number of hydrogen-bond donors (Lipinski definition) is 1. The number of amides is 1. The number of nitrogens with one attached hydrogen (secondary N) is 1. The first-order valence-electron chi connectivity index (χ1n) is 10.6. The van der Waals surface area contributed by atoms with Gasteiger partial charge in [-0.25, -0.2) is 0 Å². The van der Waals surface area contributed by atoms with Crippen molar-refractivity contribution in [2.24, 2.45) is 5.92 Å². The van der Waals surface area contributed by atoms with Crippen molar-refractivity contribution in [3.63, 3.8) is 0 Å². The molecule has 1 aliphatic rings. The molecule has 2 heterocycles. The highest BCUT2D eigenvalue weighted by Gasteiger charge is 2.39. The van der Waals surface area contributed by atoms with Crippen LogP contribution in [0.1, 0.15) is 16.4 Å². The number of aromatic nitrogens is 1. The molecule has 0 bridgehead atoms. The zero-order valence-electron chi connectivity index (χ0n) is 17.9. The average molecular weight is 475 g/mol. The van der Waals surface area contributed by atoms with Gasteiger partial charge in [0.2, 0.25) is 5.91 Å². The summed E-state index contributed by atoms with van der Waals surface area (Å²) < 4.78 is 7.22. The lowest BCUT2D eigenvalue weighted by Crippen LogP contribution is -2.33. The van der Waals surface area contributed by atoms with Crippen molar-refractivity contribution >= 4 is 34.7 Å². The quantitative estimate of drug-likeness (QED) is 0.421. The van der Waals surface area contributed by atoms with E-state index >= 15 is 0 Å². The average Bonchev–Trinajstić information content (AvgIpc) is 3.20. The van der Waals surface area contributed by atoms with Crippen molar-refractivity contribution in [2.75, 3.05) is 18.2 Å². The molecular weight excluding hydrogens is 452 g/mol. The molecule has 0 spiro atoms. The van der Waals surface area contributed by atoms with Gasteiger partial charge in [0, 0.05) is 22.2 Å². The standard InChI is InChI=1S/C26H22N2O3S2/c1-31-20-14-8-9-17(15-20)22-21(24(29)27-18-10-4-2-5-11-18)16-32-25-23(22)33-26(30)28(25)19-12-6-3-7-13-19/h2-15,21-22H,16H2,1H3,(H,27,29)/t21-,22+/m1/s1. The zero-order chi connectivity index (χ0) is 22.8. The summed E-state index contributed by atoms with van der Waals surface area (Å²) in [7, 11) is 1.63. The monoisotopic (exact) mass is 474 g/mol. The Morgan fingerprint density at radius 3 is 2.45 bits per heavy atom. The van der Waals surface area contributed by atoms with Crippen molar-refractivity contribution in [1.82, 2.24) is 4.57 Å². The number of hydrogen-bond acceptors (Lipinski definition) is 5. The highest BCUT2D eigenvalue weighted by Crippen LogP contribution is 2.47. The largest absolute Gasteiger partial charge is 0.497 e. The number of thioether (sulfide) groups is 1. The highest BCUT2D eigenvalue weighted by atomic mass is 32.2. The molecule has 0 unspecified atom stereocenters. The van der Waals surface area contributed by atoms with Gasteiger partial charge in [0.05, 0.1) is 23.7 Å². The molecule has 1 amide bonds. The number of methoxy groups -OCH3 is 1. The summed E-state index contributed by atoms with van der Waals surface area (Å²) in [6.45, 7) is 0. The van der Waals surface area contributed by atoms with Crippen molar-refractivity contribution in [3.05, 3.63) is 105 Å². The number of para-hydroxylation sites is 2. The Bertz CT molecular complexity index is 1330. The summed E-state index contributed by atoms with van der Waals surface area (Å²) in [6, 6.07) is 26.9. The van der Waals surface area contributed by atoms with Crippen LogP contribution >= 0.6 is 23.1 Å². The lowest BCUT2D eigenvalue weighted by molar-refractivity contribution is -0.119. The number of carbonyl (C=O) groups excluding carboxylic acids is 1. The molecule has 0 radical (unpaired) electrons. The molecule has 5 nitrogen and oxygen atoms in total. The Morgan fingerprint density at radius 2 is 1.73 bits per heavy atom. The summed E-state index contributed by atoms with van der Waals surface area (Å²) >= 11 is 2.79. The number of ether oxygens (including phenoxy) is 1.